The minimum atomic E-state index is -3.94. The molecule has 0 bridgehead atoms. The number of hydrogen-bond donors (Lipinski definition) is 2. The van der Waals surface area contributed by atoms with Crippen LogP contribution >= 0.6 is 11.6 Å². The minimum Gasteiger partial charge on any atom is -0.381 e. The summed E-state index contributed by atoms with van der Waals surface area (Å²) in [6.07, 6.45) is 2.14. The summed E-state index contributed by atoms with van der Waals surface area (Å²) in [4.78, 5) is -0.142. The van der Waals surface area contributed by atoms with Crippen LogP contribution in [0.5, 0.6) is 0 Å². The van der Waals surface area contributed by atoms with Gasteiger partial charge in [-0.15, -0.1) is 0 Å². The number of nitrogen functional groups attached to an aromatic ring is 1. The van der Waals surface area contributed by atoms with Crippen LogP contribution in [0, 0.1) is 5.82 Å². The molecule has 0 amide bonds. The Labute approximate surface area is 126 Å². The van der Waals surface area contributed by atoms with Crippen molar-refractivity contribution in [3.63, 3.8) is 0 Å². The zero-order valence-electron chi connectivity index (χ0n) is 11.2. The van der Waals surface area contributed by atoms with Crippen molar-refractivity contribution in [1.82, 2.24) is 9.78 Å². The van der Waals surface area contributed by atoms with Gasteiger partial charge < -0.3 is 5.73 Å². The summed E-state index contributed by atoms with van der Waals surface area (Å²) in [5, 5.41) is 3.88. The van der Waals surface area contributed by atoms with Gasteiger partial charge in [-0.2, -0.15) is 5.10 Å². The average Bonchev–Trinajstić information content (AvgIpc) is 2.75. The smallest absolute Gasteiger partial charge is 0.267 e. The summed E-state index contributed by atoms with van der Waals surface area (Å²) in [7, 11) is -3.94. The first-order chi connectivity index (χ1) is 9.83. The van der Waals surface area contributed by atoms with E-state index in [2.05, 4.69) is 9.82 Å². The molecule has 0 saturated carbocycles. The molecule has 6 nitrogen and oxygen atoms in total. The number of aromatic nitrogens is 2. The average molecular weight is 333 g/mol. The number of nitrogens with one attached hydrogen (secondary N) is 1. The number of aryl methyl sites for hydroxylation is 1. The molecule has 0 atom stereocenters. The molecule has 9 heteroatoms. The number of nitrogens with zero attached hydrogens (tertiary/aromatic N) is 2. The Morgan fingerprint density at radius 3 is 2.81 bits per heavy atom. The molecule has 1 aromatic heterocycles. The lowest BCUT2D eigenvalue weighted by Crippen LogP contribution is -2.14. The van der Waals surface area contributed by atoms with E-state index in [9.17, 15) is 12.8 Å². The van der Waals surface area contributed by atoms with Gasteiger partial charge >= 0.3 is 0 Å². The first-order valence-corrected chi connectivity index (χ1v) is 8.00. The lowest BCUT2D eigenvalue weighted by atomic mass is 10.3. The first kappa shape index (κ1) is 15.6. The number of benzene rings is 1. The van der Waals surface area contributed by atoms with Crippen LogP contribution in [-0.2, 0) is 16.6 Å². The molecule has 0 aliphatic heterocycles. The van der Waals surface area contributed by atoms with Gasteiger partial charge in [0.25, 0.3) is 10.0 Å². The van der Waals surface area contributed by atoms with Crippen LogP contribution in [0.25, 0.3) is 0 Å². The Hall–Kier alpha value is -1.80. The summed E-state index contributed by atoms with van der Waals surface area (Å²) in [6.45, 7) is 2.49. The predicted molar refractivity (Wildman–Crippen MR) is 79.1 cm³/mol. The monoisotopic (exact) mass is 332 g/mol. The van der Waals surface area contributed by atoms with Crippen molar-refractivity contribution in [2.24, 2.45) is 0 Å². The molecular weight excluding hydrogens is 319 g/mol. The summed E-state index contributed by atoms with van der Waals surface area (Å²) in [6, 6.07) is 3.36. The zero-order chi connectivity index (χ0) is 15.6. The van der Waals surface area contributed by atoms with Gasteiger partial charge in [-0.25, -0.2) is 12.8 Å². The standard InChI is InChI=1S/C12H14ClFN4O2S/c1-2-5-18-7-11(12(15)16-18)21(19,20)17-10-4-3-8(14)6-9(10)13/h3-4,6-7,17H,2,5H2,1H3,(H2,15,16). The molecule has 3 N–H and O–H groups in total. The molecule has 0 radical (unpaired) electrons. The maximum absolute atomic E-state index is 13.0. The van der Waals surface area contributed by atoms with E-state index < -0.39 is 15.8 Å². The molecule has 2 aromatic rings. The lowest BCUT2D eigenvalue weighted by Gasteiger charge is -2.08. The molecular formula is C12H14ClFN4O2S. The summed E-state index contributed by atoms with van der Waals surface area (Å²) < 4.78 is 41.2. The molecule has 114 valence electrons. The van der Waals surface area contributed by atoms with E-state index in [1.807, 2.05) is 6.92 Å². The van der Waals surface area contributed by atoms with Gasteiger partial charge in [-0.3, -0.25) is 9.40 Å². The Morgan fingerprint density at radius 2 is 2.19 bits per heavy atom. The lowest BCUT2D eigenvalue weighted by molar-refractivity contribution is 0.595. The molecule has 1 heterocycles. The van der Waals surface area contributed by atoms with Gasteiger partial charge in [0, 0.05) is 12.7 Å². The van der Waals surface area contributed by atoms with Crippen LogP contribution in [0.1, 0.15) is 13.3 Å². The Bertz CT molecular complexity index is 761. The van der Waals surface area contributed by atoms with Crippen LogP contribution < -0.4 is 10.5 Å². The highest BCUT2D eigenvalue weighted by atomic mass is 35.5. The molecule has 0 unspecified atom stereocenters. The fraction of sp³-hybridized carbons (Fsp3) is 0.250. The van der Waals surface area contributed by atoms with Crippen LogP contribution in [0.15, 0.2) is 29.3 Å². The molecule has 0 fully saturated rings. The van der Waals surface area contributed by atoms with E-state index in [1.54, 1.807) is 0 Å². The second-order valence-corrected chi connectivity index (χ2v) is 6.43. The van der Waals surface area contributed by atoms with Gasteiger partial charge in [0.05, 0.1) is 10.7 Å². The molecule has 0 spiro atoms. The van der Waals surface area contributed by atoms with Crippen molar-refractivity contribution in [2.75, 3.05) is 10.5 Å². The quantitative estimate of drug-likeness (QED) is 0.880. The van der Waals surface area contributed by atoms with Crippen LogP contribution in [-0.4, -0.2) is 18.2 Å². The third kappa shape index (κ3) is 3.45. The Kier molecular flexibility index (Phi) is 4.38. The number of hydrogen-bond acceptors (Lipinski definition) is 4. The second-order valence-electron chi connectivity index (χ2n) is 4.37. The SMILES string of the molecule is CCCn1cc(S(=O)(=O)Nc2ccc(F)cc2Cl)c(N)n1. The van der Waals surface area contributed by atoms with Crippen molar-refractivity contribution in [3.8, 4) is 0 Å². The number of halogens is 2. The minimum absolute atomic E-state index is 0.0434. The molecule has 0 aliphatic carbocycles. The maximum atomic E-state index is 13.0. The highest BCUT2D eigenvalue weighted by Crippen LogP contribution is 2.26. The van der Waals surface area contributed by atoms with E-state index in [1.165, 1.54) is 16.9 Å². The Morgan fingerprint density at radius 1 is 1.48 bits per heavy atom. The highest BCUT2D eigenvalue weighted by molar-refractivity contribution is 7.92. The van der Waals surface area contributed by atoms with E-state index in [0.717, 1.165) is 18.6 Å². The summed E-state index contributed by atoms with van der Waals surface area (Å²) >= 11 is 5.80. The third-order valence-corrected chi connectivity index (χ3v) is 4.37. The zero-order valence-corrected chi connectivity index (χ0v) is 12.7. The first-order valence-electron chi connectivity index (χ1n) is 6.14. The Balaban J connectivity index is 2.34. The van der Waals surface area contributed by atoms with Crippen LogP contribution in [0.4, 0.5) is 15.9 Å². The van der Waals surface area contributed by atoms with Crippen molar-refractivity contribution >= 4 is 33.1 Å². The second kappa shape index (κ2) is 5.90. The number of sulfonamides is 1. The normalized spacial score (nSPS) is 11.6. The van der Waals surface area contributed by atoms with Gasteiger partial charge in [0.2, 0.25) is 0 Å². The molecule has 0 aliphatic rings. The van der Waals surface area contributed by atoms with Crippen molar-refractivity contribution < 1.29 is 12.8 Å². The fourth-order valence-electron chi connectivity index (χ4n) is 1.74. The van der Waals surface area contributed by atoms with E-state index in [4.69, 9.17) is 17.3 Å². The number of nitrogens with two attached hydrogens (primary N) is 1. The van der Waals surface area contributed by atoms with Crippen LogP contribution in [0.2, 0.25) is 5.02 Å². The van der Waals surface area contributed by atoms with Gasteiger partial charge in [-0.1, -0.05) is 18.5 Å². The predicted octanol–water partition coefficient (Wildman–Crippen LogP) is 2.47. The number of rotatable bonds is 5. The van der Waals surface area contributed by atoms with Crippen molar-refractivity contribution in [3.05, 3.63) is 35.2 Å². The van der Waals surface area contributed by atoms with E-state index >= 15 is 0 Å². The topological polar surface area (TPSA) is 90.0 Å². The summed E-state index contributed by atoms with van der Waals surface area (Å²) in [5.41, 5.74) is 5.70. The van der Waals surface area contributed by atoms with Crippen LogP contribution in [0.3, 0.4) is 0 Å². The molecule has 0 saturated heterocycles. The number of anilines is 2. The van der Waals surface area contributed by atoms with Gasteiger partial charge in [0.15, 0.2) is 5.82 Å². The highest BCUT2D eigenvalue weighted by Gasteiger charge is 2.22. The van der Waals surface area contributed by atoms with Crippen molar-refractivity contribution in [1.29, 1.82) is 0 Å². The fourth-order valence-corrected chi connectivity index (χ4v) is 3.17. The van der Waals surface area contributed by atoms with E-state index in [-0.39, 0.29) is 21.4 Å². The van der Waals surface area contributed by atoms with E-state index in [0.29, 0.717) is 6.54 Å². The largest absolute Gasteiger partial charge is 0.381 e. The van der Waals surface area contributed by atoms with Gasteiger partial charge in [-0.05, 0) is 24.6 Å². The maximum Gasteiger partial charge on any atom is 0.267 e. The molecule has 2 rings (SSSR count). The summed E-state index contributed by atoms with van der Waals surface area (Å²) in [5.74, 6) is -0.660. The van der Waals surface area contributed by atoms with Gasteiger partial charge in [0.1, 0.15) is 10.7 Å². The molecule has 21 heavy (non-hydrogen) atoms. The molecule has 1 aromatic carbocycles. The third-order valence-electron chi connectivity index (χ3n) is 2.67. The van der Waals surface area contributed by atoms with Crippen molar-refractivity contribution in [2.45, 2.75) is 24.8 Å².